The maximum absolute atomic E-state index is 4.54. The normalized spacial score (nSPS) is 11.6. The van der Waals surface area contributed by atoms with Crippen LogP contribution in [0.3, 0.4) is 0 Å². The lowest BCUT2D eigenvalue weighted by Gasteiger charge is -2.12. The van der Waals surface area contributed by atoms with Gasteiger partial charge in [0.05, 0.1) is 11.0 Å². The van der Waals surface area contributed by atoms with E-state index in [0.29, 0.717) is 0 Å². The number of benzene rings is 5. The fraction of sp³-hybridized carbons (Fsp3) is 0. The highest BCUT2D eigenvalue weighted by Crippen LogP contribution is 2.36. The summed E-state index contributed by atoms with van der Waals surface area (Å²) in [7, 11) is 0. The van der Waals surface area contributed by atoms with Crippen molar-refractivity contribution in [2.45, 2.75) is 0 Å². The third-order valence-corrected chi connectivity index (χ3v) is 7.66. The first kappa shape index (κ1) is 20.6. The second-order valence-corrected chi connectivity index (χ2v) is 10.6. The lowest BCUT2D eigenvalue weighted by Crippen LogP contribution is -1.95. The van der Waals surface area contributed by atoms with Crippen LogP contribution in [0.15, 0.2) is 113 Å². The van der Waals surface area contributed by atoms with Crippen LogP contribution in [0.4, 0.5) is 0 Å². The first-order valence-corrected chi connectivity index (χ1v) is 12.9. The first-order chi connectivity index (χ1) is 17.3. The Labute approximate surface area is 214 Å². The van der Waals surface area contributed by atoms with Crippen molar-refractivity contribution in [1.82, 2.24) is 13.9 Å². The van der Waals surface area contributed by atoms with E-state index in [1.807, 2.05) is 0 Å². The summed E-state index contributed by atoms with van der Waals surface area (Å²) in [6.07, 6.45) is 0. The Morgan fingerprint density at radius 3 is 2.29 bits per heavy atom. The summed E-state index contributed by atoms with van der Waals surface area (Å²) >= 11 is 4.80. The van der Waals surface area contributed by atoms with Gasteiger partial charge in [-0.15, -0.1) is 0 Å². The molecule has 0 bridgehead atoms. The van der Waals surface area contributed by atoms with Gasteiger partial charge in [-0.1, -0.05) is 84.9 Å². The second kappa shape index (κ2) is 8.15. The molecule has 35 heavy (non-hydrogen) atoms. The van der Waals surface area contributed by atoms with Gasteiger partial charge >= 0.3 is 0 Å². The van der Waals surface area contributed by atoms with Crippen LogP contribution in [0.5, 0.6) is 0 Å². The van der Waals surface area contributed by atoms with Crippen LogP contribution < -0.4 is 0 Å². The summed E-state index contributed by atoms with van der Waals surface area (Å²) < 4.78 is 7.65. The predicted octanol–water partition coefficient (Wildman–Crippen LogP) is 8.88. The molecule has 0 N–H and O–H groups in total. The molecule has 0 aliphatic rings. The van der Waals surface area contributed by atoms with E-state index in [9.17, 15) is 0 Å². The molecule has 0 fully saturated rings. The first-order valence-electron chi connectivity index (χ1n) is 11.4. The minimum absolute atomic E-state index is 0.741. The Balaban J connectivity index is 1.49. The molecular weight excluding hydrogens is 514 g/mol. The van der Waals surface area contributed by atoms with Gasteiger partial charge in [0.1, 0.15) is 0 Å². The number of para-hydroxylation sites is 1. The summed E-state index contributed by atoms with van der Waals surface area (Å²) in [6.45, 7) is 0. The Morgan fingerprint density at radius 2 is 1.40 bits per heavy atom. The Hall–Kier alpha value is -3.80. The number of rotatable bonds is 3. The van der Waals surface area contributed by atoms with Gasteiger partial charge < -0.3 is 4.57 Å². The molecule has 0 spiro atoms. The topological polar surface area (TPSA) is 30.7 Å². The fourth-order valence-corrected chi connectivity index (χ4v) is 5.82. The molecule has 0 saturated carbocycles. The fourth-order valence-electron chi connectivity index (χ4n) is 5.00. The van der Waals surface area contributed by atoms with E-state index >= 15 is 0 Å². The van der Waals surface area contributed by atoms with E-state index < -0.39 is 0 Å². The Bertz CT molecular complexity index is 1880. The third-order valence-electron chi connectivity index (χ3n) is 6.54. The molecule has 0 atom stereocenters. The van der Waals surface area contributed by atoms with Crippen LogP contribution in [0.1, 0.15) is 0 Å². The van der Waals surface area contributed by atoms with Crippen molar-refractivity contribution in [3.63, 3.8) is 0 Å². The van der Waals surface area contributed by atoms with Gasteiger partial charge in [0, 0.05) is 22.0 Å². The highest BCUT2D eigenvalue weighted by molar-refractivity contribution is 9.11. The van der Waals surface area contributed by atoms with E-state index in [0.717, 1.165) is 26.5 Å². The average Bonchev–Trinajstić information content (AvgIpc) is 3.49. The summed E-state index contributed by atoms with van der Waals surface area (Å²) in [5.41, 5.74) is 6.90. The van der Waals surface area contributed by atoms with Crippen LogP contribution in [0.2, 0.25) is 0 Å². The summed E-state index contributed by atoms with van der Waals surface area (Å²) in [5.74, 6) is 0.741. The average molecular weight is 532 g/mol. The van der Waals surface area contributed by atoms with Crippen molar-refractivity contribution in [2.75, 3.05) is 0 Å². The van der Waals surface area contributed by atoms with Crippen LogP contribution in [-0.2, 0) is 0 Å². The van der Waals surface area contributed by atoms with Crippen LogP contribution in [0.25, 0.3) is 60.8 Å². The number of hydrogen-bond acceptors (Lipinski definition) is 3. The quantitative estimate of drug-likeness (QED) is 0.228. The van der Waals surface area contributed by atoms with Gasteiger partial charge in [-0.05, 0) is 73.6 Å². The van der Waals surface area contributed by atoms with Gasteiger partial charge in [0.15, 0.2) is 9.74 Å². The SMILES string of the molecule is Brc1nc(-c2ccc3c4ccccc4n(-c4cccc(-c5cccc6ccccc56)c4)c3c2)ns1. The molecular formula is C30H18BrN3S. The van der Waals surface area contributed by atoms with Crippen LogP contribution in [-0.4, -0.2) is 13.9 Å². The smallest absolute Gasteiger partial charge is 0.179 e. The van der Waals surface area contributed by atoms with Gasteiger partial charge in [-0.3, -0.25) is 0 Å². The predicted molar refractivity (Wildman–Crippen MR) is 150 cm³/mol. The molecule has 7 aromatic rings. The number of hydrogen-bond donors (Lipinski definition) is 0. The molecule has 0 aliphatic carbocycles. The molecule has 0 aliphatic heterocycles. The molecule has 0 saturated heterocycles. The van der Waals surface area contributed by atoms with Gasteiger partial charge in [-0.2, -0.15) is 4.37 Å². The zero-order valence-electron chi connectivity index (χ0n) is 18.5. The van der Waals surface area contributed by atoms with Crippen molar-refractivity contribution in [2.24, 2.45) is 0 Å². The maximum Gasteiger partial charge on any atom is 0.179 e. The largest absolute Gasteiger partial charge is 0.309 e. The molecule has 2 heterocycles. The van der Waals surface area contributed by atoms with Gasteiger partial charge in [-0.25, -0.2) is 4.98 Å². The van der Waals surface area contributed by atoms with Crippen molar-refractivity contribution >= 4 is 60.0 Å². The summed E-state index contributed by atoms with van der Waals surface area (Å²) in [6, 6.07) is 39.0. The van der Waals surface area contributed by atoms with E-state index in [4.69, 9.17) is 0 Å². The third kappa shape index (κ3) is 3.39. The van der Waals surface area contributed by atoms with Crippen molar-refractivity contribution in [1.29, 1.82) is 0 Å². The van der Waals surface area contributed by atoms with E-state index in [-0.39, 0.29) is 0 Å². The molecule has 5 aromatic carbocycles. The number of fused-ring (bicyclic) bond motifs is 4. The van der Waals surface area contributed by atoms with E-state index in [2.05, 4.69) is 139 Å². The molecule has 0 radical (unpaired) electrons. The molecule has 7 rings (SSSR count). The van der Waals surface area contributed by atoms with Crippen molar-refractivity contribution < 1.29 is 0 Å². The molecule has 2 aromatic heterocycles. The second-order valence-electron chi connectivity index (χ2n) is 8.53. The summed E-state index contributed by atoms with van der Waals surface area (Å²) in [5, 5.41) is 4.96. The minimum Gasteiger partial charge on any atom is -0.309 e. The standard InChI is InChI=1S/C30H18BrN3S/c31-30-32-29(33-35-30)21-15-16-26-25-12-3-4-14-27(25)34(28(26)18-21)22-10-5-9-20(17-22)24-13-6-8-19-7-1-2-11-23(19)24/h1-18H. The zero-order chi connectivity index (χ0) is 23.4. The summed E-state index contributed by atoms with van der Waals surface area (Å²) in [4.78, 5) is 4.54. The number of halogens is 1. The Kier molecular flexibility index (Phi) is 4.79. The van der Waals surface area contributed by atoms with Crippen LogP contribution >= 0.6 is 27.5 Å². The molecule has 0 unspecified atom stereocenters. The van der Waals surface area contributed by atoms with E-state index in [1.54, 1.807) is 0 Å². The zero-order valence-corrected chi connectivity index (χ0v) is 20.9. The number of aromatic nitrogens is 3. The highest BCUT2D eigenvalue weighted by Gasteiger charge is 2.15. The molecule has 0 amide bonds. The van der Waals surface area contributed by atoms with Gasteiger partial charge in [0.25, 0.3) is 0 Å². The van der Waals surface area contributed by atoms with Crippen molar-refractivity contribution in [3.8, 4) is 28.2 Å². The number of nitrogens with zero attached hydrogens (tertiary/aromatic N) is 3. The molecule has 166 valence electrons. The molecule has 5 heteroatoms. The minimum atomic E-state index is 0.741. The monoisotopic (exact) mass is 531 g/mol. The van der Waals surface area contributed by atoms with Gasteiger partial charge in [0.2, 0.25) is 0 Å². The maximum atomic E-state index is 4.54. The Morgan fingerprint density at radius 1 is 0.629 bits per heavy atom. The lowest BCUT2D eigenvalue weighted by molar-refractivity contribution is 1.18. The highest BCUT2D eigenvalue weighted by atomic mass is 79.9. The van der Waals surface area contributed by atoms with E-state index in [1.165, 1.54) is 49.7 Å². The lowest BCUT2D eigenvalue weighted by atomic mass is 9.98. The van der Waals surface area contributed by atoms with Crippen molar-refractivity contribution in [3.05, 3.63) is 113 Å². The van der Waals surface area contributed by atoms with Crippen LogP contribution in [0, 0.1) is 0 Å². The molecule has 3 nitrogen and oxygen atoms in total.